The summed E-state index contributed by atoms with van der Waals surface area (Å²) in [6, 6.07) is 15.6. The Balaban J connectivity index is 1.60. The van der Waals surface area contributed by atoms with Crippen molar-refractivity contribution >= 4 is 29.5 Å². The molecule has 0 saturated carbocycles. The third-order valence-corrected chi connectivity index (χ3v) is 4.83. The number of aliphatic imine (C=N–C) groups is 1. The molecular weight excluding hydrogens is 380 g/mol. The van der Waals surface area contributed by atoms with E-state index in [1.54, 1.807) is 12.1 Å². The predicted molar refractivity (Wildman–Crippen MR) is 120 cm³/mol. The number of hydrogen-bond acceptors (Lipinski definition) is 4. The number of likely N-dealkylation sites (N-methyl/N-ethyl adjacent to an activating group) is 1. The zero-order valence-corrected chi connectivity index (χ0v) is 17.0. The van der Waals surface area contributed by atoms with Gasteiger partial charge in [-0.15, -0.1) is 0 Å². The van der Waals surface area contributed by atoms with Gasteiger partial charge in [-0.2, -0.15) is 0 Å². The number of allylic oxidation sites excluding steroid dienone is 1. The number of anilines is 1. The summed E-state index contributed by atoms with van der Waals surface area (Å²) in [6.45, 7) is 2.34. The molecule has 30 heavy (non-hydrogen) atoms. The molecule has 1 aliphatic heterocycles. The van der Waals surface area contributed by atoms with Crippen molar-refractivity contribution in [1.82, 2.24) is 10.6 Å². The highest BCUT2D eigenvalue weighted by molar-refractivity contribution is 6.14. The van der Waals surface area contributed by atoms with Gasteiger partial charge in [0.15, 0.2) is 0 Å². The van der Waals surface area contributed by atoms with Gasteiger partial charge in [0, 0.05) is 43.5 Å². The standard InChI is InChI=1S/C23H26N4O3/c1-27-16-15-24-20(19-5-2-3-6-21(19)27)12-9-17-7-10-18(11-8-17)22(28)25-13-4-14-26-23(29)30/h2-3,5-12,26H,4,13-16H2,1H3,(H,25,28)(H,29,30). The summed E-state index contributed by atoms with van der Waals surface area (Å²) in [5, 5.41) is 13.6. The minimum absolute atomic E-state index is 0.175. The molecule has 3 N–H and O–H groups in total. The predicted octanol–water partition coefficient (Wildman–Crippen LogP) is 3.03. The van der Waals surface area contributed by atoms with Crippen LogP contribution in [-0.2, 0) is 0 Å². The second-order valence-electron chi connectivity index (χ2n) is 7.00. The van der Waals surface area contributed by atoms with E-state index in [4.69, 9.17) is 10.1 Å². The lowest BCUT2D eigenvalue weighted by atomic mass is 10.0. The summed E-state index contributed by atoms with van der Waals surface area (Å²) in [5.74, 6) is -0.175. The maximum Gasteiger partial charge on any atom is 0.404 e. The molecule has 0 saturated heterocycles. The second kappa shape index (κ2) is 10.2. The van der Waals surface area contributed by atoms with Crippen molar-refractivity contribution in [3.05, 3.63) is 71.3 Å². The van der Waals surface area contributed by atoms with Gasteiger partial charge in [0.2, 0.25) is 0 Å². The number of benzene rings is 2. The van der Waals surface area contributed by atoms with Crippen LogP contribution in [0.5, 0.6) is 0 Å². The third kappa shape index (κ3) is 5.70. The number of amides is 2. The van der Waals surface area contributed by atoms with Crippen LogP contribution in [0.1, 0.15) is 27.9 Å². The third-order valence-electron chi connectivity index (χ3n) is 4.83. The van der Waals surface area contributed by atoms with Crippen molar-refractivity contribution in [3.8, 4) is 0 Å². The van der Waals surface area contributed by atoms with Gasteiger partial charge in [-0.1, -0.05) is 36.4 Å². The molecular formula is C23H26N4O3. The fourth-order valence-corrected chi connectivity index (χ4v) is 3.20. The maximum atomic E-state index is 12.2. The SMILES string of the molecule is CN1CCN=C(C=Cc2ccc(C(=O)NCCCNC(=O)O)cc2)c2ccccc21. The molecule has 0 unspecified atom stereocenters. The van der Waals surface area contributed by atoms with E-state index in [2.05, 4.69) is 34.7 Å². The molecule has 2 amide bonds. The van der Waals surface area contributed by atoms with Crippen LogP contribution in [0, 0.1) is 0 Å². The summed E-state index contributed by atoms with van der Waals surface area (Å²) in [4.78, 5) is 29.5. The zero-order chi connectivity index (χ0) is 21.3. The fourth-order valence-electron chi connectivity index (χ4n) is 3.20. The molecule has 0 fully saturated rings. The first-order chi connectivity index (χ1) is 14.5. The van der Waals surface area contributed by atoms with Crippen LogP contribution in [0.3, 0.4) is 0 Å². The monoisotopic (exact) mass is 406 g/mol. The van der Waals surface area contributed by atoms with Gasteiger partial charge in [-0.05, 0) is 36.3 Å². The number of nitrogens with one attached hydrogen (secondary N) is 2. The van der Waals surface area contributed by atoms with Crippen LogP contribution in [0.2, 0.25) is 0 Å². The normalized spacial score (nSPS) is 13.4. The van der Waals surface area contributed by atoms with Crippen LogP contribution in [0.4, 0.5) is 10.5 Å². The van der Waals surface area contributed by atoms with E-state index in [-0.39, 0.29) is 5.91 Å². The highest BCUT2D eigenvalue weighted by Gasteiger charge is 2.13. The Labute approximate surface area is 176 Å². The summed E-state index contributed by atoms with van der Waals surface area (Å²) < 4.78 is 0. The largest absolute Gasteiger partial charge is 0.465 e. The van der Waals surface area contributed by atoms with Crippen molar-refractivity contribution in [1.29, 1.82) is 0 Å². The minimum Gasteiger partial charge on any atom is -0.465 e. The van der Waals surface area contributed by atoms with Crippen molar-refractivity contribution in [3.63, 3.8) is 0 Å². The van der Waals surface area contributed by atoms with Crippen molar-refractivity contribution in [2.75, 3.05) is 38.1 Å². The number of rotatable bonds is 7. The smallest absolute Gasteiger partial charge is 0.404 e. The quantitative estimate of drug-likeness (QED) is 0.616. The summed E-state index contributed by atoms with van der Waals surface area (Å²) in [6.07, 6.45) is 3.50. The summed E-state index contributed by atoms with van der Waals surface area (Å²) in [5.41, 5.74) is 4.78. The lowest BCUT2D eigenvalue weighted by molar-refractivity contribution is 0.0953. The Kier molecular flexibility index (Phi) is 7.21. The summed E-state index contributed by atoms with van der Waals surface area (Å²) >= 11 is 0. The molecule has 0 atom stereocenters. The van der Waals surface area contributed by atoms with E-state index in [9.17, 15) is 9.59 Å². The lowest BCUT2D eigenvalue weighted by Crippen LogP contribution is -2.29. The molecule has 156 valence electrons. The Morgan fingerprint density at radius 2 is 1.80 bits per heavy atom. The maximum absolute atomic E-state index is 12.2. The Hall–Kier alpha value is -3.61. The van der Waals surface area contributed by atoms with E-state index in [1.165, 1.54) is 5.69 Å². The van der Waals surface area contributed by atoms with Crippen molar-refractivity contribution in [2.45, 2.75) is 6.42 Å². The Morgan fingerprint density at radius 1 is 1.07 bits per heavy atom. The highest BCUT2D eigenvalue weighted by Crippen LogP contribution is 2.23. The summed E-state index contributed by atoms with van der Waals surface area (Å²) in [7, 11) is 2.08. The highest BCUT2D eigenvalue weighted by atomic mass is 16.4. The second-order valence-corrected chi connectivity index (χ2v) is 7.00. The number of carbonyl (C=O) groups is 2. The van der Waals surface area contributed by atoms with Crippen molar-refractivity contribution < 1.29 is 14.7 Å². The first kappa shape index (κ1) is 21.1. The molecule has 1 heterocycles. The number of hydrogen-bond donors (Lipinski definition) is 3. The van der Waals surface area contributed by atoms with Crippen LogP contribution in [0.15, 0.2) is 59.6 Å². The topological polar surface area (TPSA) is 94.0 Å². The first-order valence-corrected chi connectivity index (χ1v) is 9.93. The van der Waals surface area contributed by atoms with Gasteiger partial charge < -0.3 is 20.6 Å². The van der Waals surface area contributed by atoms with Gasteiger partial charge in [0.05, 0.1) is 12.3 Å². The Bertz CT molecular complexity index is 951. The average Bonchev–Trinajstić information content (AvgIpc) is 2.91. The molecule has 0 radical (unpaired) electrons. The first-order valence-electron chi connectivity index (χ1n) is 9.93. The molecule has 0 aliphatic carbocycles. The molecule has 7 nitrogen and oxygen atoms in total. The number of carbonyl (C=O) groups excluding carboxylic acids is 1. The molecule has 3 rings (SSSR count). The Morgan fingerprint density at radius 3 is 2.57 bits per heavy atom. The average molecular weight is 406 g/mol. The zero-order valence-electron chi connectivity index (χ0n) is 17.0. The fraction of sp³-hybridized carbons (Fsp3) is 0.261. The van der Waals surface area contributed by atoms with Gasteiger partial charge >= 0.3 is 6.09 Å². The molecule has 0 spiro atoms. The van der Waals surface area contributed by atoms with Crippen molar-refractivity contribution in [2.24, 2.45) is 4.99 Å². The van der Waals surface area contributed by atoms with Gasteiger partial charge in [-0.25, -0.2) is 4.79 Å². The molecule has 1 aliphatic rings. The number of nitrogens with zero attached hydrogens (tertiary/aromatic N) is 2. The van der Waals surface area contributed by atoms with E-state index >= 15 is 0 Å². The molecule has 7 heteroatoms. The van der Waals surface area contributed by atoms with Crippen LogP contribution in [0.25, 0.3) is 6.08 Å². The van der Waals surface area contributed by atoms with E-state index in [0.29, 0.717) is 25.1 Å². The number of fused-ring (bicyclic) bond motifs is 1. The van der Waals surface area contributed by atoms with Crippen LogP contribution < -0.4 is 15.5 Å². The van der Waals surface area contributed by atoms with Crippen LogP contribution in [-0.4, -0.2) is 56.0 Å². The van der Waals surface area contributed by atoms with Gasteiger partial charge in [0.1, 0.15) is 0 Å². The van der Waals surface area contributed by atoms with Gasteiger partial charge in [-0.3, -0.25) is 9.79 Å². The minimum atomic E-state index is -1.06. The van der Waals surface area contributed by atoms with Gasteiger partial charge in [0.25, 0.3) is 5.91 Å². The molecule has 0 bridgehead atoms. The number of benzodiazepines with no additional fused rings is 1. The van der Waals surface area contributed by atoms with E-state index in [1.807, 2.05) is 36.4 Å². The molecule has 0 aromatic heterocycles. The van der Waals surface area contributed by atoms with E-state index < -0.39 is 6.09 Å². The molecule has 2 aromatic rings. The number of carboxylic acid groups (broad SMARTS) is 1. The lowest BCUT2D eigenvalue weighted by Gasteiger charge is -2.18. The van der Waals surface area contributed by atoms with Crippen LogP contribution >= 0.6 is 0 Å². The number of para-hydroxylation sites is 1. The molecule has 2 aromatic carbocycles. The van der Waals surface area contributed by atoms with E-state index in [0.717, 1.165) is 29.9 Å².